The van der Waals surface area contributed by atoms with E-state index in [1.165, 1.54) is 15.0 Å². The van der Waals surface area contributed by atoms with E-state index in [2.05, 4.69) is 39.3 Å². The highest BCUT2D eigenvalue weighted by Gasteiger charge is 2.22. The fourth-order valence-electron chi connectivity index (χ4n) is 3.99. The Morgan fingerprint density at radius 2 is 2.14 bits per heavy atom. The molecule has 0 aromatic carbocycles. The normalized spacial score (nSPS) is 20.0. The number of pyridine rings is 1. The van der Waals surface area contributed by atoms with Crippen molar-refractivity contribution < 1.29 is 4.74 Å². The second kappa shape index (κ2) is 7.48. The molecule has 4 heterocycles. The maximum atomic E-state index is 5.74. The van der Waals surface area contributed by atoms with E-state index in [1.807, 2.05) is 24.8 Å². The van der Waals surface area contributed by atoms with Crippen molar-refractivity contribution in [2.75, 3.05) is 11.9 Å². The van der Waals surface area contributed by atoms with Crippen LogP contribution < -0.4 is 5.32 Å². The third kappa shape index (κ3) is 3.36. The van der Waals surface area contributed by atoms with Crippen molar-refractivity contribution >= 4 is 38.4 Å². The Morgan fingerprint density at radius 3 is 2.96 bits per heavy atom. The zero-order chi connectivity index (χ0) is 18.9. The lowest BCUT2D eigenvalue weighted by molar-refractivity contribution is 0.0346. The lowest BCUT2D eigenvalue weighted by Gasteiger charge is -2.28. The standard InChI is InChI=1S/C21H23N5OS/c1-2-27-15-5-3-14(4-6-15)25-21-24-12-17-16(11-23-20(17)26-21)19-9-13-10-22-8-7-18(13)28-19/h7-12,14-15H,2-6H2,1H3,(H2,23,24,25,26)/t14-,15+. The van der Waals surface area contributed by atoms with Crippen molar-refractivity contribution in [3.63, 3.8) is 0 Å². The molecule has 0 atom stereocenters. The Morgan fingerprint density at radius 1 is 1.25 bits per heavy atom. The Hall–Kier alpha value is -2.51. The summed E-state index contributed by atoms with van der Waals surface area (Å²) in [6, 6.07) is 4.65. The molecule has 28 heavy (non-hydrogen) atoms. The smallest absolute Gasteiger partial charge is 0.224 e. The van der Waals surface area contributed by atoms with E-state index in [9.17, 15) is 0 Å². The summed E-state index contributed by atoms with van der Waals surface area (Å²) >= 11 is 1.76. The first kappa shape index (κ1) is 17.6. The lowest BCUT2D eigenvalue weighted by atomic mass is 9.93. The van der Waals surface area contributed by atoms with Gasteiger partial charge in [-0.15, -0.1) is 11.3 Å². The van der Waals surface area contributed by atoms with E-state index in [0.717, 1.165) is 48.9 Å². The van der Waals surface area contributed by atoms with Gasteiger partial charge in [-0.3, -0.25) is 4.98 Å². The minimum atomic E-state index is 0.411. The number of aromatic nitrogens is 4. The van der Waals surface area contributed by atoms with Gasteiger partial charge in [0.15, 0.2) is 0 Å². The van der Waals surface area contributed by atoms with Crippen molar-refractivity contribution in [3.8, 4) is 10.4 Å². The molecule has 5 rings (SSSR count). The lowest BCUT2D eigenvalue weighted by Crippen LogP contribution is -2.30. The summed E-state index contributed by atoms with van der Waals surface area (Å²) in [6.45, 7) is 2.86. The molecule has 0 amide bonds. The highest BCUT2D eigenvalue weighted by molar-refractivity contribution is 7.22. The number of nitrogens with one attached hydrogen (secondary N) is 2. The zero-order valence-corrected chi connectivity index (χ0v) is 16.6. The fraction of sp³-hybridized carbons (Fsp3) is 0.381. The van der Waals surface area contributed by atoms with Crippen LogP contribution in [0.4, 0.5) is 5.95 Å². The Balaban J connectivity index is 1.35. The monoisotopic (exact) mass is 393 g/mol. The molecule has 0 unspecified atom stereocenters. The van der Waals surface area contributed by atoms with Gasteiger partial charge in [-0.1, -0.05) is 0 Å². The van der Waals surface area contributed by atoms with Crippen LogP contribution in [0.5, 0.6) is 0 Å². The van der Waals surface area contributed by atoms with E-state index < -0.39 is 0 Å². The summed E-state index contributed by atoms with van der Waals surface area (Å²) in [5.74, 6) is 0.696. The number of anilines is 1. The van der Waals surface area contributed by atoms with Gasteiger partial charge in [-0.2, -0.15) is 4.98 Å². The predicted octanol–water partition coefficient (Wildman–Crippen LogP) is 4.99. The maximum absolute atomic E-state index is 5.74. The summed E-state index contributed by atoms with van der Waals surface area (Å²) in [7, 11) is 0. The number of rotatable bonds is 5. The molecule has 4 aromatic rings. The van der Waals surface area contributed by atoms with Gasteiger partial charge in [-0.25, -0.2) is 4.98 Å². The summed E-state index contributed by atoms with van der Waals surface area (Å²) < 4.78 is 6.98. The van der Waals surface area contributed by atoms with Crippen LogP contribution in [-0.2, 0) is 4.74 Å². The Kier molecular flexibility index (Phi) is 4.70. The number of nitrogens with zero attached hydrogens (tertiary/aromatic N) is 3. The number of H-pyrrole nitrogens is 1. The first-order valence-corrected chi connectivity index (χ1v) is 10.7. The van der Waals surface area contributed by atoms with Crippen LogP contribution >= 0.6 is 11.3 Å². The van der Waals surface area contributed by atoms with E-state index in [1.54, 1.807) is 11.3 Å². The third-order valence-electron chi connectivity index (χ3n) is 5.42. The summed E-state index contributed by atoms with van der Waals surface area (Å²) in [4.78, 5) is 18.0. The van der Waals surface area contributed by atoms with E-state index in [4.69, 9.17) is 9.72 Å². The number of hydrogen-bond donors (Lipinski definition) is 2. The molecule has 1 fully saturated rings. The Bertz CT molecular complexity index is 1060. The molecule has 4 aromatic heterocycles. The Labute approximate surface area is 167 Å². The molecule has 1 saturated carbocycles. The first-order chi connectivity index (χ1) is 13.8. The molecule has 0 radical (unpaired) electrons. The van der Waals surface area contributed by atoms with Crippen LogP contribution in [-0.4, -0.2) is 38.7 Å². The summed E-state index contributed by atoms with van der Waals surface area (Å²) in [5.41, 5.74) is 2.01. The minimum absolute atomic E-state index is 0.411. The van der Waals surface area contributed by atoms with E-state index >= 15 is 0 Å². The van der Waals surface area contributed by atoms with Gasteiger partial charge in [-0.05, 0) is 44.7 Å². The molecule has 2 N–H and O–H groups in total. The van der Waals surface area contributed by atoms with Crippen LogP contribution in [0.3, 0.4) is 0 Å². The van der Waals surface area contributed by atoms with Crippen molar-refractivity contribution in [1.29, 1.82) is 0 Å². The molecule has 7 heteroatoms. The van der Waals surface area contributed by atoms with Gasteiger partial charge in [0.05, 0.1) is 6.10 Å². The van der Waals surface area contributed by atoms with Gasteiger partial charge in [0.25, 0.3) is 0 Å². The summed E-state index contributed by atoms with van der Waals surface area (Å²) in [5, 5.41) is 5.71. The SMILES string of the molecule is CCO[C@H]1CC[C@@H](Nc2ncc3c(-c4cc5cnccc5s4)c[nH]c3n2)CC1. The van der Waals surface area contributed by atoms with Crippen LogP contribution in [0.1, 0.15) is 32.6 Å². The molecule has 6 nitrogen and oxygen atoms in total. The van der Waals surface area contributed by atoms with Crippen LogP contribution in [0.25, 0.3) is 31.6 Å². The second-order valence-corrected chi connectivity index (χ2v) is 8.34. The molecule has 0 bridgehead atoms. The van der Waals surface area contributed by atoms with E-state index in [0.29, 0.717) is 18.1 Å². The topological polar surface area (TPSA) is 75.7 Å². The van der Waals surface area contributed by atoms with Crippen molar-refractivity contribution in [2.24, 2.45) is 0 Å². The number of thiophene rings is 1. The molecule has 0 aliphatic heterocycles. The molecule has 144 valence electrons. The van der Waals surface area contributed by atoms with Gasteiger partial charge in [0.2, 0.25) is 5.95 Å². The van der Waals surface area contributed by atoms with Gasteiger partial charge >= 0.3 is 0 Å². The average molecular weight is 394 g/mol. The number of fused-ring (bicyclic) bond motifs is 2. The van der Waals surface area contributed by atoms with Crippen LogP contribution in [0.2, 0.25) is 0 Å². The molecular formula is C21H23N5OS. The quantitative estimate of drug-likeness (QED) is 0.499. The van der Waals surface area contributed by atoms with Crippen molar-refractivity contribution in [3.05, 3.63) is 36.9 Å². The molecule has 0 spiro atoms. The maximum Gasteiger partial charge on any atom is 0.224 e. The highest BCUT2D eigenvalue weighted by Crippen LogP contribution is 2.36. The van der Waals surface area contributed by atoms with Crippen molar-refractivity contribution in [2.45, 2.75) is 44.8 Å². The fourth-order valence-corrected chi connectivity index (χ4v) is 5.05. The van der Waals surface area contributed by atoms with Crippen LogP contribution in [0.15, 0.2) is 36.9 Å². The minimum Gasteiger partial charge on any atom is -0.379 e. The van der Waals surface area contributed by atoms with E-state index in [-0.39, 0.29) is 0 Å². The van der Waals surface area contributed by atoms with Gasteiger partial charge in [0.1, 0.15) is 5.65 Å². The van der Waals surface area contributed by atoms with Gasteiger partial charge < -0.3 is 15.0 Å². The molecule has 1 aliphatic carbocycles. The molecule has 1 aliphatic rings. The van der Waals surface area contributed by atoms with Crippen molar-refractivity contribution in [1.82, 2.24) is 19.9 Å². The average Bonchev–Trinajstić information content (AvgIpc) is 3.33. The first-order valence-electron chi connectivity index (χ1n) is 9.86. The largest absolute Gasteiger partial charge is 0.379 e. The highest BCUT2D eigenvalue weighted by atomic mass is 32.1. The third-order valence-corrected chi connectivity index (χ3v) is 6.57. The number of aromatic amines is 1. The molecular weight excluding hydrogens is 370 g/mol. The van der Waals surface area contributed by atoms with Gasteiger partial charge in [0, 0.05) is 63.3 Å². The van der Waals surface area contributed by atoms with Crippen LogP contribution in [0, 0.1) is 0 Å². The number of ether oxygens (including phenoxy) is 1. The summed E-state index contributed by atoms with van der Waals surface area (Å²) in [6.07, 6.45) is 12.5. The number of hydrogen-bond acceptors (Lipinski definition) is 6. The molecule has 0 saturated heterocycles. The second-order valence-electron chi connectivity index (χ2n) is 7.26. The zero-order valence-electron chi connectivity index (χ0n) is 15.8. The predicted molar refractivity (Wildman–Crippen MR) is 114 cm³/mol.